The zero-order chi connectivity index (χ0) is 13.8. The molecule has 1 unspecified atom stereocenters. The maximum Gasteiger partial charge on any atom is 0.142 e. The molecule has 0 aliphatic heterocycles. The number of halogens is 1. The third-order valence-electron chi connectivity index (χ3n) is 3.04. The molecule has 1 heterocycles. The highest BCUT2D eigenvalue weighted by atomic mass is 19.1. The first kappa shape index (κ1) is 13.5. The predicted octanol–water partition coefficient (Wildman–Crippen LogP) is 2.09. The number of nitrogens with zero attached hydrogens (tertiary/aromatic N) is 1. The number of methoxy groups -OCH3 is 1. The number of aromatic nitrogens is 1. The minimum absolute atomic E-state index is 0.259. The molecule has 1 atom stereocenters. The van der Waals surface area contributed by atoms with Crippen molar-refractivity contribution < 1.29 is 9.13 Å². The van der Waals surface area contributed by atoms with E-state index in [1.807, 2.05) is 6.07 Å². The summed E-state index contributed by atoms with van der Waals surface area (Å²) in [7, 11) is 1.56. The minimum Gasteiger partial charge on any atom is -0.495 e. The number of nitrogens with two attached hydrogens (primary N) is 1. The van der Waals surface area contributed by atoms with E-state index in [-0.39, 0.29) is 11.9 Å². The van der Waals surface area contributed by atoms with Gasteiger partial charge in [0.25, 0.3) is 0 Å². The van der Waals surface area contributed by atoms with Gasteiger partial charge in [0.2, 0.25) is 0 Å². The van der Waals surface area contributed by atoms with Crippen molar-refractivity contribution in [3.63, 3.8) is 0 Å². The summed E-state index contributed by atoms with van der Waals surface area (Å²) in [4.78, 5) is 3.99. The number of nitrogens with one attached hydrogen (secondary N) is 1. The number of ether oxygens (including phenoxy) is 1. The van der Waals surface area contributed by atoms with Gasteiger partial charge >= 0.3 is 0 Å². The fourth-order valence-corrected chi connectivity index (χ4v) is 1.95. The fourth-order valence-electron chi connectivity index (χ4n) is 1.95. The van der Waals surface area contributed by atoms with Gasteiger partial charge in [-0.1, -0.05) is 12.1 Å². The quantitative estimate of drug-likeness (QED) is 0.653. The Bertz CT molecular complexity index is 574. The molecule has 0 amide bonds. The van der Waals surface area contributed by atoms with Gasteiger partial charge < -0.3 is 4.74 Å². The normalized spacial score (nSPS) is 12.2. The Morgan fingerprint density at radius 3 is 2.79 bits per heavy atom. The Hall–Kier alpha value is -1.98. The van der Waals surface area contributed by atoms with Crippen molar-refractivity contribution in [2.45, 2.75) is 13.0 Å². The summed E-state index contributed by atoms with van der Waals surface area (Å²) in [6.45, 7) is 1.72. The van der Waals surface area contributed by atoms with Crippen molar-refractivity contribution in [1.82, 2.24) is 10.4 Å². The molecule has 0 radical (unpaired) electrons. The molecule has 3 N–H and O–H groups in total. The summed E-state index contributed by atoms with van der Waals surface area (Å²) in [5.41, 5.74) is 4.82. The molecular formula is C14H16FN3O. The smallest absolute Gasteiger partial charge is 0.142 e. The second-order valence-electron chi connectivity index (χ2n) is 4.23. The minimum atomic E-state index is -0.354. The van der Waals surface area contributed by atoms with Gasteiger partial charge in [-0.05, 0) is 30.2 Å². The molecule has 0 aliphatic rings. The standard InChI is InChI=1S/C14H16FN3O/c1-9-3-4-10(7-12(9)15)14(18-16)11-5-6-17-8-13(11)19-2/h3-8,14,18H,16H2,1-2H3. The zero-order valence-electron chi connectivity index (χ0n) is 10.9. The highest BCUT2D eigenvalue weighted by molar-refractivity contribution is 5.40. The van der Waals surface area contributed by atoms with Gasteiger partial charge in [-0.25, -0.2) is 9.82 Å². The first-order valence-electron chi connectivity index (χ1n) is 5.87. The monoisotopic (exact) mass is 261 g/mol. The van der Waals surface area contributed by atoms with Crippen molar-refractivity contribution in [2.75, 3.05) is 7.11 Å². The van der Waals surface area contributed by atoms with Crippen LogP contribution >= 0.6 is 0 Å². The molecule has 1 aromatic heterocycles. The van der Waals surface area contributed by atoms with Crippen LogP contribution in [0.25, 0.3) is 0 Å². The average Bonchev–Trinajstić information content (AvgIpc) is 2.44. The number of hydrogen-bond donors (Lipinski definition) is 2. The molecule has 19 heavy (non-hydrogen) atoms. The lowest BCUT2D eigenvalue weighted by molar-refractivity contribution is 0.402. The molecule has 2 aromatic rings. The van der Waals surface area contributed by atoms with Crippen LogP contribution in [0, 0.1) is 12.7 Å². The van der Waals surface area contributed by atoms with Crippen molar-refractivity contribution in [2.24, 2.45) is 5.84 Å². The summed E-state index contributed by atoms with van der Waals surface area (Å²) in [5, 5.41) is 0. The van der Waals surface area contributed by atoms with E-state index in [1.54, 1.807) is 38.6 Å². The summed E-state index contributed by atoms with van der Waals surface area (Å²) >= 11 is 0. The second-order valence-corrected chi connectivity index (χ2v) is 4.23. The molecule has 0 bridgehead atoms. The summed E-state index contributed by atoms with van der Waals surface area (Å²) in [5.74, 6) is 5.94. The zero-order valence-corrected chi connectivity index (χ0v) is 10.9. The first-order chi connectivity index (χ1) is 9.17. The highest BCUT2D eigenvalue weighted by Gasteiger charge is 2.17. The van der Waals surface area contributed by atoms with Crippen molar-refractivity contribution in [3.05, 3.63) is 59.2 Å². The van der Waals surface area contributed by atoms with E-state index in [0.717, 1.165) is 11.1 Å². The average molecular weight is 261 g/mol. The first-order valence-corrected chi connectivity index (χ1v) is 5.87. The van der Waals surface area contributed by atoms with Gasteiger partial charge in [-0.3, -0.25) is 10.8 Å². The van der Waals surface area contributed by atoms with Crippen LogP contribution in [0.5, 0.6) is 5.75 Å². The largest absolute Gasteiger partial charge is 0.495 e. The fraction of sp³-hybridized carbons (Fsp3) is 0.214. The molecule has 5 heteroatoms. The maximum absolute atomic E-state index is 13.7. The molecule has 0 saturated carbocycles. The van der Waals surface area contributed by atoms with Crippen molar-refractivity contribution in [3.8, 4) is 5.75 Å². The van der Waals surface area contributed by atoms with E-state index in [9.17, 15) is 4.39 Å². The second kappa shape index (κ2) is 5.77. The van der Waals surface area contributed by atoms with Crippen LogP contribution in [0.15, 0.2) is 36.7 Å². The molecule has 100 valence electrons. The van der Waals surface area contributed by atoms with Crippen LogP contribution in [0.3, 0.4) is 0 Å². The Kier molecular flexibility index (Phi) is 4.09. The van der Waals surface area contributed by atoms with Gasteiger partial charge in [-0.15, -0.1) is 0 Å². The molecular weight excluding hydrogens is 245 g/mol. The maximum atomic E-state index is 13.7. The molecule has 0 aliphatic carbocycles. The third-order valence-corrected chi connectivity index (χ3v) is 3.04. The van der Waals surface area contributed by atoms with Crippen LogP contribution in [-0.4, -0.2) is 12.1 Å². The van der Waals surface area contributed by atoms with Crippen molar-refractivity contribution in [1.29, 1.82) is 0 Å². The molecule has 0 saturated heterocycles. The Morgan fingerprint density at radius 1 is 1.37 bits per heavy atom. The SMILES string of the molecule is COc1cnccc1C(NN)c1ccc(C)c(F)c1. The van der Waals surface area contributed by atoms with Crippen LogP contribution < -0.4 is 16.0 Å². The van der Waals surface area contributed by atoms with E-state index in [2.05, 4.69) is 10.4 Å². The van der Waals surface area contributed by atoms with Gasteiger partial charge in [0, 0.05) is 11.8 Å². The lowest BCUT2D eigenvalue weighted by Crippen LogP contribution is -2.29. The van der Waals surface area contributed by atoms with Gasteiger partial charge in [0.15, 0.2) is 0 Å². The van der Waals surface area contributed by atoms with E-state index < -0.39 is 0 Å². The third kappa shape index (κ3) is 2.72. The Labute approximate surface area is 111 Å². The molecule has 0 spiro atoms. The van der Waals surface area contributed by atoms with Crippen LogP contribution in [0.1, 0.15) is 22.7 Å². The van der Waals surface area contributed by atoms with Crippen LogP contribution in [-0.2, 0) is 0 Å². The van der Waals surface area contributed by atoms with Gasteiger partial charge in [0.1, 0.15) is 11.6 Å². The van der Waals surface area contributed by atoms with Crippen LogP contribution in [0.4, 0.5) is 4.39 Å². The Morgan fingerprint density at radius 2 is 2.16 bits per heavy atom. The van der Waals surface area contributed by atoms with Gasteiger partial charge in [0.05, 0.1) is 19.3 Å². The molecule has 1 aromatic carbocycles. The van der Waals surface area contributed by atoms with E-state index in [4.69, 9.17) is 10.6 Å². The van der Waals surface area contributed by atoms with E-state index >= 15 is 0 Å². The number of aryl methyl sites for hydroxylation is 1. The summed E-state index contributed by atoms with van der Waals surface area (Å²) in [6, 6.07) is 6.47. The summed E-state index contributed by atoms with van der Waals surface area (Å²) < 4.78 is 18.9. The lowest BCUT2D eigenvalue weighted by Gasteiger charge is -2.19. The van der Waals surface area contributed by atoms with Crippen LogP contribution in [0.2, 0.25) is 0 Å². The number of hydrazine groups is 1. The molecule has 4 nitrogen and oxygen atoms in total. The van der Waals surface area contributed by atoms with Gasteiger partial charge in [-0.2, -0.15) is 0 Å². The summed E-state index contributed by atoms with van der Waals surface area (Å²) in [6.07, 6.45) is 3.25. The number of pyridine rings is 1. The molecule has 0 fully saturated rings. The van der Waals surface area contributed by atoms with E-state index in [0.29, 0.717) is 11.3 Å². The topological polar surface area (TPSA) is 60.2 Å². The highest BCUT2D eigenvalue weighted by Crippen LogP contribution is 2.29. The van der Waals surface area contributed by atoms with E-state index in [1.165, 1.54) is 6.07 Å². The molecule has 2 rings (SSSR count). The number of rotatable bonds is 4. The Balaban J connectivity index is 2.46. The number of hydrogen-bond acceptors (Lipinski definition) is 4. The van der Waals surface area contributed by atoms with Crippen molar-refractivity contribution >= 4 is 0 Å². The lowest BCUT2D eigenvalue weighted by atomic mass is 9.98. The number of benzene rings is 1. The predicted molar refractivity (Wildman–Crippen MR) is 71.1 cm³/mol.